The highest BCUT2D eigenvalue weighted by molar-refractivity contribution is 5.64. The van der Waals surface area contributed by atoms with Gasteiger partial charge in [0.25, 0.3) is 0 Å². The van der Waals surface area contributed by atoms with Gasteiger partial charge in [0.1, 0.15) is 5.75 Å². The van der Waals surface area contributed by atoms with Gasteiger partial charge in [-0.05, 0) is 42.3 Å². The number of aromatic nitrogens is 1. The van der Waals surface area contributed by atoms with Crippen molar-refractivity contribution in [3.63, 3.8) is 0 Å². The molecule has 94 valence electrons. The van der Waals surface area contributed by atoms with E-state index in [1.807, 2.05) is 36.4 Å². The Morgan fingerprint density at radius 3 is 2.33 bits per heavy atom. The number of hydrogen-bond donors (Lipinski definition) is 1. The Morgan fingerprint density at radius 2 is 1.78 bits per heavy atom. The van der Waals surface area contributed by atoms with Crippen LogP contribution in [0.2, 0.25) is 0 Å². The zero-order valence-corrected chi connectivity index (χ0v) is 11.0. The second kappa shape index (κ2) is 5.08. The number of hydrogen-bond acceptors (Lipinski definition) is 3. The van der Waals surface area contributed by atoms with Crippen LogP contribution < -0.4 is 10.5 Å². The van der Waals surface area contributed by atoms with Crippen LogP contribution in [0.1, 0.15) is 25.5 Å². The highest BCUT2D eigenvalue weighted by Crippen LogP contribution is 2.25. The SMILES string of the molecule is COc1ccc(-c2cc(N)cc(C(C)C)n2)cc1. The number of pyridine rings is 1. The lowest BCUT2D eigenvalue weighted by Gasteiger charge is -2.09. The summed E-state index contributed by atoms with van der Waals surface area (Å²) in [4.78, 5) is 4.64. The van der Waals surface area contributed by atoms with Crippen LogP contribution in [0.25, 0.3) is 11.3 Å². The van der Waals surface area contributed by atoms with E-state index in [2.05, 4.69) is 18.8 Å². The van der Waals surface area contributed by atoms with Crippen molar-refractivity contribution in [2.24, 2.45) is 0 Å². The van der Waals surface area contributed by atoms with Crippen LogP contribution in [-0.2, 0) is 0 Å². The topological polar surface area (TPSA) is 48.1 Å². The lowest BCUT2D eigenvalue weighted by atomic mass is 10.1. The molecule has 0 saturated heterocycles. The molecule has 3 heteroatoms. The predicted molar refractivity (Wildman–Crippen MR) is 74.7 cm³/mol. The minimum Gasteiger partial charge on any atom is -0.497 e. The summed E-state index contributed by atoms with van der Waals surface area (Å²) in [5.41, 5.74) is 9.64. The van der Waals surface area contributed by atoms with E-state index >= 15 is 0 Å². The van der Waals surface area contributed by atoms with Crippen molar-refractivity contribution in [1.29, 1.82) is 0 Å². The maximum Gasteiger partial charge on any atom is 0.118 e. The molecule has 18 heavy (non-hydrogen) atoms. The van der Waals surface area contributed by atoms with Crippen LogP contribution in [0, 0.1) is 0 Å². The van der Waals surface area contributed by atoms with Crippen molar-refractivity contribution in [3.05, 3.63) is 42.1 Å². The summed E-state index contributed by atoms with van der Waals surface area (Å²) >= 11 is 0. The lowest BCUT2D eigenvalue weighted by molar-refractivity contribution is 0.415. The summed E-state index contributed by atoms with van der Waals surface area (Å²) in [6.45, 7) is 4.22. The Kier molecular flexibility index (Phi) is 3.51. The molecule has 0 amide bonds. The number of nitrogen functional groups attached to an aromatic ring is 1. The van der Waals surface area contributed by atoms with Crippen LogP contribution in [-0.4, -0.2) is 12.1 Å². The summed E-state index contributed by atoms with van der Waals surface area (Å²) in [6, 6.07) is 11.7. The van der Waals surface area contributed by atoms with Crippen LogP contribution in [0.15, 0.2) is 36.4 Å². The molecule has 1 aromatic heterocycles. The van der Waals surface area contributed by atoms with E-state index in [0.717, 1.165) is 28.4 Å². The average molecular weight is 242 g/mol. The quantitative estimate of drug-likeness (QED) is 0.896. The van der Waals surface area contributed by atoms with E-state index in [9.17, 15) is 0 Å². The van der Waals surface area contributed by atoms with Gasteiger partial charge in [-0.25, -0.2) is 0 Å². The number of anilines is 1. The summed E-state index contributed by atoms with van der Waals surface area (Å²) < 4.78 is 5.15. The Morgan fingerprint density at radius 1 is 1.11 bits per heavy atom. The molecular formula is C15H18N2O. The molecule has 0 saturated carbocycles. The zero-order valence-electron chi connectivity index (χ0n) is 11.0. The first kappa shape index (κ1) is 12.4. The van der Waals surface area contributed by atoms with Gasteiger partial charge in [0.2, 0.25) is 0 Å². The maximum atomic E-state index is 5.93. The highest BCUT2D eigenvalue weighted by atomic mass is 16.5. The predicted octanol–water partition coefficient (Wildman–Crippen LogP) is 3.46. The Bertz CT molecular complexity index is 533. The third-order valence-corrected chi connectivity index (χ3v) is 2.84. The van der Waals surface area contributed by atoms with Crippen LogP contribution in [0.5, 0.6) is 5.75 Å². The molecule has 0 fully saturated rings. The van der Waals surface area contributed by atoms with Gasteiger partial charge >= 0.3 is 0 Å². The summed E-state index contributed by atoms with van der Waals surface area (Å²) in [7, 11) is 1.66. The molecule has 0 aliphatic heterocycles. The van der Waals surface area contributed by atoms with Gasteiger partial charge < -0.3 is 10.5 Å². The van der Waals surface area contributed by atoms with Crippen molar-refractivity contribution in [1.82, 2.24) is 4.98 Å². The summed E-state index contributed by atoms with van der Waals surface area (Å²) in [6.07, 6.45) is 0. The largest absolute Gasteiger partial charge is 0.497 e. The normalized spacial score (nSPS) is 10.7. The fraction of sp³-hybridized carbons (Fsp3) is 0.267. The Labute approximate surface area is 108 Å². The number of methoxy groups -OCH3 is 1. The number of benzene rings is 1. The molecular weight excluding hydrogens is 224 g/mol. The first-order valence-electron chi connectivity index (χ1n) is 6.02. The molecule has 2 rings (SSSR count). The second-order valence-corrected chi connectivity index (χ2v) is 4.59. The standard InChI is InChI=1S/C15H18N2O/c1-10(2)14-8-12(16)9-15(17-14)11-4-6-13(18-3)7-5-11/h4-10H,1-3H3,(H2,16,17). The smallest absolute Gasteiger partial charge is 0.118 e. The van der Waals surface area contributed by atoms with Gasteiger partial charge in [-0.2, -0.15) is 0 Å². The lowest BCUT2D eigenvalue weighted by Crippen LogP contribution is -1.98. The van der Waals surface area contributed by atoms with Crippen molar-refractivity contribution in [3.8, 4) is 17.0 Å². The minimum absolute atomic E-state index is 0.366. The van der Waals surface area contributed by atoms with E-state index in [4.69, 9.17) is 10.5 Å². The fourth-order valence-electron chi connectivity index (χ4n) is 1.78. The number of ether oxygens (including phenoxy) is 1. The molecule has 0 aliphatic carbocycles. The molecule has 1 heterocycles. The molecule has 3 nitrogen and oxygen atoms in total. The van der Waals surface area contributed by atoms with Crippen molar-refractivity contribution in [2.75, 3.05) is 12.8 Å². The van der Waals surface area contributed by atoms with Crippen LogP contribution in [0.4, 0.5) is 5.69 Å². The first-order valence-corrected chi connectivity index (χ1v) is 6.02. The zero-order chi connectivity index (χ0) is 13.1. The van der Waals surface area contributed by atoms with Gasteiger partial charge in [0, 0.05) is 16.9 Å². The fourth-order valence-corrected chi connectivity index (χ4v) is 1.78. The van der Waals surface area contributed by atoms with E-state index in [1.54, 1.807) is 7.11 Å². The van der Waals surface area contributed by atoms with Gasteiger partial charge in [-0.3, -0.25) is 4.98 Å². The van der Waals surface area contributed by atoms with E-state index < -0.39 is 0 Å². The Balaban J connectivity index is 2.42. The molecule has 0 atom stereocenters. The molecule has 1 aromatic carbocycles. The van der Waals surface area contributed by atoms with E-state index in [1.165, 1.54) is 0 Å². The van der Waals surface area contributed by atoms with Crippen molar-refractivity contribution in [2.45, 2.75) is 19.8 Å². The number of nitrogens with zero attached hydrogens (tertiary/aromatic N) is 1. The van der Waals surface area contributed by atoms with Gasteiger partial charge in [-0.15, -0.1) is 0 Å². The maximum absolute atomic E-state index is 5.93. The summed E-state index contributed by atoms with van der Waals surface area (Å²) in [5.74, 6) is 1.21. The van der Waals surface area contributed by atoms with Gasteiger partial charge in [0.05, 0.1) is 12.8 Å². The number of nitrogens with two attached hydrogens (primary N) is 1. The third-order valence-electron chi connectivity index (χ3n) is 2.84. The molecule has 0 radical (unpaired) electrons. The van der Waals surface area contributed by atoms with Crippen LogP contribution >= 0.6 is 0 Å². The van der Waals surface area contributed by atoms with Crippen molar-refractivity contribution < 1.29 is 4.74 Å². The molecule has 0 bridgehead atoms. The Hall–Kier alpha value is -2.03. The first-order chi connectivity index (χ1) is 8.60. The third kappa shape index (κ3) is 2.62. The minimum atomic E-state index is 0.366. The number of rotatable bonds is 3. The average Bonchev–Trinajstić information content (AvgIpc) is 2.38. The molecule has 2 aromatic rings. The van der Waals surface area contributed by atoms with Crippen LogP contribution in [0.3, 0.4) is 0 Å². The monoisotopic (exact) mass is 242 g/mol. The molecule has 0 aliphatic rings. The summed E-state index contributed by atoms with van der Waals surface area (Å²) in [5, 5.41) is 0. The second-order valence-electron chi connectivity index (χ2n) is 4.59. The molecule has 0 unspecified atom stereocenters. The van der Waals surface area contributed by atoms with Gasteiger partial charge in [0.15, 0.2) is 0 Å². The van der Waals surface area contributed by atoms with Gasteiger partial charge in [-0.1, -0.05) is 13.8 Å². The molecule has 0 spiro atoms. The van der Waals surface area contributed by atoms with E-state index in [0.29, 0.717) is 5.92 Å². The van der Waals surface area contributed by atoms with E-state index in [-0.39, 0.29) is 0 Å². The highest BCUT2D eigenvalue weighted by Gasteiger charge is 2.06. The molecule has 2 N–H and O–H groups in total. The van der Waals surface area contributed by atoms with Crippen molar-refractivity contribution >= 4 is 5.69 Å².